The van der Waals surface area contributed by atoms with Crippen molar-refractivity contribution >= 4 is 62.8 Å². The predicted molar refractivity (Wildman–Crippen MR) is 170 cm³/mol. The van der Waals surface area contributed by atoms with Gasteiger partial charge in [-0.25, -0.2) is 9.78 Å². The number of nitrogens with zero attached hydrogens (tertiary/aromatic N) is 1. The molecule has 2 heterocycles. The van der Waals surface area contributed by atoms with Crippen molar-refractivity contribution in [1.29, 1.82) is 0 Å². The summed E-state index contributed by atoms with van der Waals surface area (Å²) in [6.45, 7) is 3.55. The van der Waals surface area contributed by atoms with Crippen LogP contribution >= 0.6 is 11.6 Å². The number of carbonyl (C=O) groups excluding carboxylic acids is 3. The first kappa shape index (κ1) is 30.6. The molecule has 11 heteroatoms. The number of nitrogen functional groups attached to an aromatic ring is 1. The summed E-state index contributed by atoms with van der Waals surface area (Å²) in [7, 11) is 0. The molecule has 3 aromatic carbocycles. The van der Waals surface area contributed by atoms with Crippen LogP contribution in [-0.4, -0.2) is 28.0 Å². The standard InChI is InChI=1S/C33H24ClN3O5.CO2/c1-16-6-8-19(33(40)41)21(12-16)30-20-9-10-25(35)23(32(20)42-29-14-28(39)24(34)13-22(29)30)15-36-27-5-3-4-18-7-11-26(17(2)38)37-31(18)27;2-1-3/h3-14,36H,15,35H2,1-2H3,(H,40,41);. The molecule has 4 N–H and O–H groups in total. The van der Waals surface area contributed by atoms with Crippen molar-refractivity contribution in [1.82, 2.24) is 4.98 Å². The Bertz CT molecular complexity index is 2220. The maximum Gasteiger partial charge on any atom is 0.373 e. The summed E-state index contributed by atoms with van der Waals surface area (Å²) in [4.78, 5) is 57.6. The van der Waals surface area contributed by atoms with E-state index in [1.54, 1.807) is 36.4 Å². The minimum absolute atomic E-state index is 0.00597. The van der Waals surface area contributed by atoms with Crippen molar-refractivity contribution in [3.63, 3.8) is 0 Å². The third kappa shape index (κ3) is 5.88. The molecule has 1 aromatic heterocycles. The largest absolute Gasteiger partial charge is 0.478 e. The molecule has 0 amide bonds. The number of carboxylic acid groups (broad SMARTS) is 1. The van der Waals surface area contributed by atoms with Gasteiger partial charge in [-0.15, -0.1) is 0 Å². The number of hydrogen-bond acceptors (Lipinski definition) is 9. The second-order valence-corrected chi connectivity index (χ2v) is 10.6. The van der Waals surface area contributed by atoms with Crippen molar-refractivity contribution in [3.8, 4) is 22.5 Å². The fourth-order valence-electron chi connectivity index (χ4n) is 5.22. The van der Waals surface area contributed by atoms with Gasteiger partial charge in [0.25, 0.3) is 0 Å². The van der Waals surface area contributed by atoms with Crippen LogP contribution < -0.4 is 16.5 Å². The molecule has 0 saturated carbocycles. The number of ketones is 1. The molecular formula is C34H24ClN3O7. The smallest absolute Gasteiger partial charge is 0.373 e. The van der Waals surface area contributed by atoms with E-state index in [4.69, 9.17) is 31.3 Å². The van der Waals surface area contributed by atoms with E-state index in [-0.39, 0.29) is 34.8 Å². The number of hydrogen-bond donors (Lipinski definition) is 3. The van der Waals surface area contributed by atoms with E-state index in [9.17, 15) is 19.5 Å². The first-order valence-electron chi connectivity index (χ1n) is 13.5. The Balaban J connectivity index is 0.00000128. The lowest BCUT2D eigenvalue weighted by atomic mass is 9.89. The van der Waals surface area contributed by atoms with E-state index < -0.39 is 11.4 Å². The third-order valence-electron chi connectivity index (χ3n) is 7.29. The number of carbonyl (C=O) groups is 2. The molecule has 0 unspecified atom stereocenters. The fraction of sp³-hybridized carbons (Fsp3) is 0.0882. The minimum Gasteiger partial charge on any atom is -0.478 e. The number of Topliss-reactive ketones (excluding diaryl/α,β-unsaturated/α-hetero) is 1. The Morgan fingerprint density at radius 3 is 2.49 bits per heavy atom. The molecule has 0 atom stereocenters. The van der Waals surface area contributed by atoms with Crippen molar-refractivity contribution in [2.75, 3.05) is 11.1 Å². The number of aromatic carboxylic acids is 1. The third-order valence-corrected chi connectivity index (χ3v) is 7.59. The van der Waals surface area contributed by atoms with Gasteiger partial charge in [-0.2, -0.15) is 9.59 Å². The van der Waals surface area contributed by atoms with Crippen molar-refractivity contribution in [2.24, 2.45) is 0 Å². The van der Waals surface area contributed by atoms with Crippen LogP contribution in [0.2, 0.25) is 5.02 Å². The lowest BCUT2D eigenvalue weighted by molar-refractivity contribution is -0.191. The van der Waals surface area contributed by atoms with Crippen LogP contribution in [0, 0.1) is 6.92 Å². The van der Waals surface area contributed by atoms with Gasteiger partial charge < -0.3 is 20.6 Å². The van der Waals surface area contributed by atoms with Gasteiger partial charge in [0.15, 0.2) is 5.78 Å². The monoisotopic (exact) mass is 621 g/mol. The van der Waals surface area contributed by atoms with Crippen molar-refractivity contribution in [3.05, 3.63) is 110 Å². The van der Waals surface area contributed by atoms with E-state index in [1.165, 1.54) is 19.1 Å². The number of aryl methyl sites for hydroxylation is 1. The average molecular weight is 622 g/mol. The van der Waals surface area contributed by atoms with Gasteiger partial charge in [-0.05, 0) is 48.9 Å². The summed E-state index contributed by atoms with van der Waals surface area (Å²) in [5.41, 5.74) is 11.6. The quantitative estimate of drug-likeness (QED) is 0.105. The van der Waals surface area contributed by atoms with Gasteiger partial charge in [0.2, 0.25) is 5.43 Å². The van der Waals surface area contributed by atoms with Crippen LogP contribution in [-0.2, 0) is 16.1 Å². The molecule has 2 aliphatic rings. The molecule has 0 radical (unpaired) electrons. The average Bonchev–Trinajstić information content (AvgIpc) is 3.00. The zero-order chi connectivity index (χ0) is 32.4. The van der Waals surface area contributed by atoms with E-state index >= 15 is 0 Å². The van der Waals surface area contributed by atoms with Crippen LogP contribution in [0.3, 0.4) is 0 Å². The normalized spacial score (nSPS) is 10.7. The Labute approximate surface area is 260 Å². The van der Waals surface area contributed by atoms with Crippen LogP contribution in [0.4, 0.5) is 11.4 Å². The maximum atomic E-state index is 12.6. The number of carboxylic acids is 1. The highest BCUT2D eigenvalue weighted by atomic mass is 35.5. The first-order valence-corrected chi connectivity index (χ1v) is 13.9. The fourth-order valence-corrected chi connectivity index (χ4v) is 5.38. The summed E-state index contributed by atoms with van der Waals surface area (Å²) in [5.74, 6) is -0.989. The predicted octanol–water partition coefficient (Wildman–Crippen LogP) is 6.59. The molecule has 0 bridgehead atoms. The summed E-state index contributed by atoms with van der Waals surface area (Å²) in [6, 6.07) is 20.6. The van der Waals surface area contributed by atoms with Gasteiger partial charge >= 0.3 is 12.1 Å². The number of para-hydroxylation sites is 1. The maximum absolute atomic E-state index is 12.6. The topological polar surface area (TPSA) is 170 Å². The number of anilines is 2. The Morgan fingerprint density at radius 2 is 1.78 bits per heavy atom. The highest BCUT2D eigenvalue weighted by Gasteiger charge is 2.24. The van der Waals surface area contributed by atoms with E-state index in [1.807, 2.05) is 31.2 Å². The molecular weight excluding hydrogens is 598 g/mol. The zero-order valence-electron chi connectivity index (χ0n) is 23.9. The number of nitrogens with two attached hydrogens (primary N) is 1. The lowest BCUT2D eigenvalue weighted by Gasteiger charge is -2.20. The van der Waals surface area contributed by atoms with Gasteiger partial charge in [-0.1, -0.05) is 47.5 Å². The van der Waals surface area contributed by atoms with Gasteiger partial charge in [0.1, 0.15) is 17.0 Å². The highest BCUT2D eigenvalue weighted by molar-refractivity contribution is 6.31. The highest BCUT2D eigenvalue weighted by Crippen LogP contribution is 2.44. The SMILES string of the molecule is CC(=O)c1ccc2cccc(NCc3c(N)ccc4c(-c5cc(C)ccc5C(=O)O)c5cc(Cl)c(=O)cc-5oc34)c2n1.O=C=O. The number of halogens is 1. The second-order valence-electron chi connectivity index (χ2n) is 10.2. The molecule has 4 aromatic rings. The summed E-state index contributed by atoms with van der Waals surface area (Å²) in [5, 5.41) is 14.9. The van der Waals surface area contributed by atoms with Crippen molar-refractivity contribution in [2.45, 2.75) is 20.4 Å². The summed E-state index contributed by atoms with van der Waals surface area (Å²) < 4.78 is 6.33. The first-order chi connectivity index (χ1) is 21.5. The number of benzene rings is 4. The summed E-state index contributed by atoms with van der Waals surface area (Å²) in [6.07, 6.45) is 0.250. The molecule has 0 spiro atoms. The molecule has 0 fully saturated rings. The Kier molecular flexibility index (Phi) is 8.45. The van der Waals surface area contributed by atoms with Crippen LogP contribution in [0.25, 0.3) is 44.3 Å². The minimum atomic E-state index is -1.09. The van der Waals surface area contributed by atoms with Crippen LogP contribution in [0.15, 0.2) is 82.0 Å². The lowest BCUT2D eigenvalue weighted by Crippen LogP contribution is -2.08. The molecule has 6 rings (SSSR count). The molecule has 1 aliphatic heterocycles. The Hall–Kier alpha value is -5.83. The Morgan fingerprint density at radius 1 is 1.02 bits per heavy atom. The van der Waals surface area contributed by atoms with Gasteiger partial charge in [0, 0.05) is 52.7 Å². The number of aromatic nitrogens is 1. The van der Waals surface area contributed by atoms with Crippen molar-refractivity contribution < 1.29 is 28.7 Å². The van der Waals surface area contributed by atoms with E-state index in [0.29, 0.717) is 55.8 Å². The van der Waals surface area contributed by atoms with Crippen LogP contribution in [0.1, 0.15) is 38.9 Å². The summed E-state index contributed by atoms with van der Waals surface area (Å²) >= 11 is 6.26. The number of nitrogens with one attached hydrogen (secondary N) is 1. The molecule has 1 aliphatic carbocycles. The number of pyridine rings is 1. The number of rotatable bonds is 6. The number of fused-ring (bicyclic) bond motifs is 3. The molecule has 0 saturated heterocycles. The van der Waals surface area contributed by atoms with Gasteiger partial charge in [0.05, 0.1) is 21.8 Å². The van der Waals surface area contributed by atoms with E-state index in [2.05, 4.69) is 10.3 Å². The van der Waals surface area contributed by atoms with E-state index in [0.717, 1.165) is 10.9 Å². The van der Waals surface area contributed by atoms with Gasteiger partial charge in [-0.3, -0.25) is 9.59 Å². The second kappa shape index (κ2) is 12.4. The zero-order valence-corrected chi connectivity index (χ0v) is 24.7. The molecule has 45 heavy (non-hydrogen) atoms. The van der Waals surface area contributed by atoms with Crippen LogP contribution in [0.5, 0.6) is 0 Å². The molecule has 224 valence electrons. The molecule has 10 nitrogen and oxygen atoms in total.